The van der Waals surface area contributed by atoms with Crippen molar-refractivity contribution < 1.29 is 22.4 Å². The van der Waals surface area contributed by atoms with Crippen LogP contribution in [0.3, 0.4) is 0 Å². The molecule has 0 aliphatic rings. The van der Waals surface area contributed by atoms with Gasteiger partial charge in [-0.15, -0.1) is 0 Å². The Hall–Kier alpha value is -3.55. The standard InChI is InChI=1S/C27H15Cl2F4N2O/c28-17-6-8-18(21(29)12-17)14-4-7-19-24(11-14)35(23-3-1-2-20(25(19)23)26(34)36)13-15-10-16(27(31,32)33)5-9-22(15)30/h1-6,8-12H,13H2,(H2,34,36). The van der Waals surface area contributed by atoms with Crippen molar-refractivity contribution >= 4 is 50.9 Å². The van der Waals surface area contributed by atoms with Crippen molar-refractivity contribution in [3.05, 3.63) is 105 Å². The highest BCUT2D eigenvalue weighted by Gasteiger charge is 2.31. The zero-order chi connectivity index (χ0) is 25.8. The highest BCUT2D eigenvalue weighted by atomic mass is 35.5. The number of primary amides is 1. The van der Waals surface area contributed by atoms with Gasteiger partial charge in [-0.1, -0.05) is 35.3 Å². The number of carbonyl (C=O) groups is 1. The van der Waals surface area contributed by atoms with E-state index >= 15 is 0 Å². The summed E-state index contributed by atoms with van der Waals surface area (Å²) in [7, 11) is 0. The summed E-state index contributed by atoms with van der Waals surface area (Å²) in [6.45, 7) is -0.233. The molecule has 0 saturated heterocycles. The van der Waals surface area contributed by atoms with Crippen LogP contribution in [-0.4, -0.2) is 10.5 Å². The van der Waals surface area contributed by atoms with Gasteiger partial charge in [0, 0.05) is 37.5 Å². The van der Waals surface area contributed by atoms with Crippen LogP contribution < -0.4 is 5.73 Å². The largest absolute Gasteiger partial charge is 0.416 e. The van der Waals surface area contributed by atoms with E-state index in [0.717, 1.165) is 12.1 Å². The lowest BCUT2D eigenvalue weighted by atomic mass is 10.0. The molecule has 0 spiro atoms. The topological polar surface area (TPSA) is 48.0 Å². The van der Waals surface area contributed by atoms with E-state index in [1.54, 1.807) is 53.1 Å². The minimum atomic E-state index is -4.63. The molecule has 1 radical (unpaired) electrons. The molecule has 0 aliphatic heterocycles. The van der Waals surface area contributed by atoms with Gasteiger partial charge < -0.3 is 10.3 Å². The number of halogens is 6. The molecule has 9 heteroatoms. The van der Waals surface area contributed by atoms with Crippen molar-refractivity contribution in [3.63, 3.8) is 0 Å². The smallest absolute Gasteiger partial charge is 0.366 e. The lowest BCUT2D eigenvalue weighted by Crippen LogP contribution is -2.11. The van der Waals surface area contributed by atoms with Crippen LogP contribution in [0, 0.1) is 11.9 Å². The number of nitrogens with two attached hydrogens (primary N) is 1. The van der Waals surface area contributed by atoms with Gasteiger partial charge in [0.15, 0.2) is 0 Å². The lowest BCUT2D eigenvalue weighted by Gasteiger charge is -2.13. The summed E-state index contributed by atoms with van der Waals surface area (Å²) in [6, 6.07) is 18.7. The molecule has 2 N–H and O–H groups in total. The van der Waals surface area contributed by atoms with Gasteiger partial charge in [-0.3, -0.25) is 4.79 Å². The number of nitrogens with zero attached hydrogens (tertiary/aromatic N) is 1. The molecule has 0 atom stereocenters. The first kappa shape index (κ1) is 24.2. The van der Waals surface area contributed by atoms with Crippen LogP contribution in [0.4, 0.5) is 17.6 Å². The summed E-state index contributed by atoms with van der Waals surface area (Å²) in [5.74, 6) is -1.46. The zero-order valence-electron chi connectivity index (χ0n) is 18.3. The molecule has 1 heterocycles. The predicted molar refractivity (Wildman–Crippen MR) is 133 cm³/mol. The Labute approximate surface area is 212 Å². The minimum absolute atomic E-state index is 0.164. The Bertz CT molecular complexity index is 1670. The lowest BCUT2D eigenvalue weighted by molar-refractivity contribution is -0.137. The van der Waals surface area contributed by atoms with Crippen molar-refractivity contribution in [3.8, 4) is 11.1 Å². The highest BCUT2D eigenvalue weighted by molar-refractivity contribution is 6.36. The molecule has 0 unspecified atom stereocenters. The van der Waals surface area contributed by atoms with Gasteiger partial charge in [-0.05, 0) is 66.2 Å². The fourth-order valence-corrected chi connectivity index (χ4v) is 4.87. The van der Waals surface area contributed by atoms with Crippen LogP contribution >= 0.6 is 23.2 Å². The number of alkyl halides is 3. The molecule has 1 amide bonds. The van der Waals surface area contributed by atoms with Crippen LogP contribution in [0.2, 0.25) is 10.0 Å². The van der Waals surface area contributed by atoms with E-state index in [1.165, 1.54) is 0 Å². The van der Waals surface area contributed by atoms with Crippen molar-refractivity contribution in [2.24, 2.45) is 5.73 Å². The molecule has 3 nitrogen and oxygen atoms in total. The summed E-state index contributed by atoms with van der Waals surface area (Å²) in [6.07, 6.45) is -4.63. The number of aromatic nitrogens is 1. The molecule has 0 saturated carbocycles. The van der Waals surface area contributed by atoms with Gasteiger partial charge in [-0.2, -0.15) is 13.2 Å². The third-order valence-corrected chi connectivity index (χ3v) is 6.55. The Morgan fingerprint density at radius 1 is 1.00 bits per heavy atom. The molecule has 36 heavy (non-hydrogen) atoms. The van der Waals surface area contributed by atoms with E-state index in [9.17, 15) is 22.4 Å². The number of hydrogen-bond donors (Lipinski definition) is 1. The second-order valence-corrected chi connectivity index (χ2v) is 9.07. The molecule has 181 valence electrons. The summed E-state index contributed by atoms with van der Waals surface area (Å²) >= 11 is 12.4. The molecule has 5 rings (SSSR count). The summed E-state index contributed by atoms with van der Waals surface area (Å²) in [5.41, 5.74) is 7.00. The Morgan fingerprint density at radius 3 is 2.47 bits per heavy atom. The molecule has 0 aliphatic carbocycles. The summed E-state index contributed by atoms with van der Waals surface area (Å²) < 4.78 is 56.3. The minimum Gasteiger partial charge on any atom is -0.366 e. The quantitative estimate of drug-likeness (QED) is 0.236. The first-order valence-electron chi connectivity index (χ1n) is 10.6. The molecule has 1 aromatic heterocycles. The van der Waals surface area contributed by atoms with Crippen LogP contribution in [-0.2, 0) is 12.7 Å². The van der Waals surface area contributed by atoms with Gasteiger partial charge in [0.2, 0.25) is 5.91 Å². The van der Waals surface area contributed by atoms with Crippen LogP contribution in [0.15, 0.2) is 66.7 Å². The fraction of sp³-hybridized carbons (Fsp3) is 0.0741. The predicted octanol–water partition coefficient (Wildman–Crippen LogP) is 7.87. The summed E-state index contributed by atoms with van der Waals surface area (Å²) in [4.78, 5) is 12.2. The molecule has 0 bridgehead atoms. The number of carbonyl (C=O) groups excluding carboxylic acids is 1. The maximum absolute atomic E-state index is 14.7. The highest BCUT2D eigenvalue weighted by Crippen LogP contribution is 2.38. The second kappa shape index (κ2) is 8.84. The third-order valence-electron chi connectivity index (χ3n) is 6.00. The number of benzene rings is 4. The number of fused-ring (bicyclic) bond motifs is 3. The second-order valence-electron chi connectivity index (χ2n) is 8.23. The van der Waals surface area contributed by atoms with Crippen LogP contribution in [0.25, 0.3) is 32.9 Å². The first-order valence-corrected chi connectivity index (χ1v) is 11.4. The van der Waals surface area contributed by atoms with Crippen molar-refractivity contribution in [2.75, 3.05) is 0 Å². The van der Waals surface area contributed by atoms with E-state index in [2.05, 4.69) is 6.07 Å². The fourth-order valence-electron chi connectivity index (χ4n) is 4.35. The van der Waals surface area contributed by atoms with E-state index in [4.69, 9.17) is 28.9 Å². The van der Waals surface area contributed by atoms with Gasteiger partial charge >= 0.3 is 6.18 Å². The van der Waals surface area contributed by atoms with Crippen molar-refractivity contribution in [1.82, 2.24) is 4.57 Å². The monoisotopic (exact) mass is 529 g/mol. The van der Waals surface area contributed by atoms with E-state index in [-0.39, 0.29) is 17.7 Å². The Balaban J connectivity index is 1.79. The maximum atomic E-state index is 14.7. The number of amides is 1. The van der Waals surface area contributed by atoms with E-state index in [0.29, 0.717) is 49.0 Å². The van der Waals surface area contributed by atoms with Crippen molar-refractivity contribution in [2.45, 2.75) is 12.7 Å². The summed E-state index contributed by atoms with van der Waals surface area (Å²) in [5, 5.41) is 1.83. The average molecular weight is 530 g/mol. The average Bonchev–Trinajstić information content (AvgIpc) is 3.12. The molecule has 5 aromatic rings. The Kier molecular flexibility index (Phi) is 5.93. The normalized spacial score (nSPS) is 11.9. The zero-order valence-corrected chi connectivity index (χ0v) is 19.8. The molecular formula is C27H15Cl2F4N2O. The Morgan fingerprint density at radius 2 is 1.78 bits per heavy atom. The van der Waals surface area contributed by atoms with E-state index < -0.39 is 23.5 Å². The first-order chi connectivity index (χ1) is 17.0. The van der Waals surface area contributed by atoms with E-state index in [1.807, 2.05) is 0 Å². The number of hydrogen-bond acceptors (Lipinski definition) is 1. The van der Waals surface area contributed by atoms with Crippen LogP contribution in [0.5, 0.6) is 0 Å². The SMILES string of the molecule is NC(=O)c1cccc2c1c1[c]cc(-c3ccc(Cl)cc3Cl)cc1n2Cc1cc(C(F)(F)F)ccc1F. The van der Waals surface area contributed by atoms with Gasteiger partial charge in [0.25, 0.3) is 0 Å². The van der Waals surface area contributed by atoms with Gasteiger partial charge in [0.05, 0.1) is 23.1 Å². The maximum Gasteiger partial charge on any atom is 0.416 e. The van der Waals surface area contributed by atoms with Gasteiger partial charge in [-0.25, -0.2) is 4.39 Å². The molecule has 0 fully saturated rings. The third kappa shape index (κ3) is 4.18. The molecule has 4 aromatic carbocycles. The van der Waals surface area contributed by atoms with Crippen molar-refractivity contribution in [1.29, 1.82) is 0 Å². The molecular weight excluding hydrogens is 515 g/mol. The number of rotatable bonds is 4. The van der Waals surface area contributed by atoms with Crippen LogP contribution in [0.1, 0.15) is 21.5 Å². The van der Waals surface area contributed by atoms with Gasteiger partial charge in [0.1, 0.15) is 5.82 Å².